The van der Waals surface area contributed by atoms with Gasteiger partial charge >= 0.3 is 12.0 Å². The second-order valence-corrected chi connectivity index (χ2v) is 6.85. The van der Waals surface area contributed by atoms with E-state index in [1.807, 2.05) is 0 Å². The minimum absolute atomic E-state index is 0.0161. The lowest BCUT2D eigenvalue weighted by molar-refractivity contribution is -0.149. The van der Waals surface area contributed by atoms with Crippen LogP contribution in [0.3, 0.4) is 0 Å². The van der Waals surface area contributed by atoms with Crippen molar-refractivity contribution in [1.82, 2.24) is 10.2 Å². The van der Waals surface area contributed by atoms with Crippen molar-refractivity contribution in [2.24, 2.45) is 11.3 Å². The third-order valence-corrected chi connectivity index (χ3v) is 5.39. The maximum absolute atomic E-state index is 13.7. The lowest BCUT2D eigenvalue weighted by Gasteiger charge is -2.23. The first-order valence-electron chi connectivity index (χ1n) is 7.73. The number of likely N-dealkylation sites (tertiary alicyclic amines) is 1. The Morgan fingerprint density at radius 3 is 2.79 bits per heavy atom. The number of nitrogens with one attached hydrogen (secondary N) is 1. The van der Waals surface area contributed by atoms with Gasteiger partial charge in [0.2, 0.25) is 0 Å². The van der Waals surface area contributed by atoms with E-state index in [0.717, 1.165) is 25.0 Å². The van der Waals surface area contributed by atoms with Gasteiger partial charge in [-0.15, -0.1) is 0 Å². The van der Waals surface area contributed by atoms with Gasteiger partial charge in [-0.1, -0.05) is 18.0 Å². The second-order valence-electron chi connectivity index (χ2n) is 6.45. The summed E-state index contributed by atoms with van der Waals surface area (Å²) in [4.78, 5) is 25.3. The molecule has 0 unspecified atom stereocenters. The van der Waals surface area contributed by atoms with Gasteiger partial charge in [-0.2, -0.15) is 0 Å². The van der Waals surface area contributed by atoms with E-state index in [0.29, 0.717) is 13.0 Å². The Hall–Kier alpha value is -1.89. The van der Waals surface area contributed by atoms with Crippen LogP contribution in [0.2, 0.25) is 5.02 Å². The summed E-state index contributed by atoms with van der Waals surface area (Å²) in [5.41, 5.74) is -0.882. The Labute approximate surface area is 142 Å². The highest BCUT2D eigenvalue weighted by atomic mass is 35.5. The molecule has 1 aromatic rings. The minimum atomic E-state index is -0.869. The number of rotatable bonds is 3. The molecule has 2 atom stereocenters. The first-order valence-corrected chi connectivity index (χ1v) is 8.11. The lowest BCUT2D eigenvalue weighted by Crippen LogP contribution is -2.41. The van der Waals surface area contributed by atoms with Crippen LogP contribution >= 0.6 is 11.6 Å². The van der Waals surface area contributed by atoms with E-state index in [-0.39, 0.29) is 29.6 Å². The van der Waals surface area contributed by atoms with Crippen molar-refractivity contribution >= 4 is 23.6 Å². The van der Waals surface area contributed by atoms with E-state index in [4.69, 9.17) is 11.6 Å². The number of hydrogen-bond acceptors (Lipinski definition) is 2. The van der Waals surface area contributed by atoms with E-state index in [2.05, 4.69) is 5.32 Å². The van der Waals surface area contributed by atoms with E-state index in [1.165, 1.54) is 4.90 Å². The largest absolute Gasteiger partial charge is 0.481 e. The number of urea groups is 1. The van der Waals surface area contributed by atoms with Crippen molar-refractivity contribution < 1.29 is 23.5 Å². The molecule has 8 heteroatoms. The minimum Gasteiger partial charge on any atom is -0.481 e. The van der Waals surface area contributed by atoms with Gasteiger partial charge in [0.1, 0.15) is 11.6 Å². The normalized spacial score (nSPS) is 25.6. The maximum Gasteiger partial charge on any atom is 0.317 e. The quantitative estimate of drug-likeness (QED) is 0.816. The van der Waals surface area contributed by atoms with E-state index < -0.39 is 29.0 Å². The third kappa shape index (κ3) is 2.81. The van der Waals surface area contributed by atoms with Crippen LogP contribution in [-0.2, 0) is 11.3 Å². The Morgan fingerprint density at radius 2 is 2.12 bits per heavy atom. The molecule has 3 rings (SSSR count). The molecule has 2 aliphatic rings. The van der Waals surface area contributed by atoms with Gasteiger partial charge in [-0.25, -0.2) is 13.6 Å². The van der Waals surface area contributed by atoms with Crippen LogP contribution < -0.4 is 5.32 Å². The molecule has 2 N–H and O–H groups in total. The fourth-order valence-corrected chi connectivity index (χ4v) is 3.93. The predicted octanol–water partition coefficient (Wildman–Crippen LogP) is 3.01. The monoisotopic (exact) mass is 358 g/mol. The maximum atomic E-state index is 13.7. The molecule has 130 valence electrons. The number of nitrogens with zero attached hydrogens (tertiary/aromatic N) is 1. The van der Waals surface area contributed by atoms with Crippen molar-refractivity contribution in [2.45, 2.75) is 25.8 Å². The number of carboxylic acids is 1. The highest BCUT2D eigenvalue weighted by molar-refractivity contribution is 6.30. The molecular formula is C16H17ClF2N2O3. The van der Waals surface area contributed by atoms with E-state index >= 15 is 0 Å². The number of amides is 2. The summed E-state index contributed by atoms with van der Waals surface area (Å²) < 4.78 is 27.1. The van der Waals surface area contributed by atoms with Gasteiger partial charge in [0.15, 0.2) is 0 Å². The van der Waals surface area contributed by atoms with Crippen LogP contribution in [0.4, 0.5) is 13.6 Å². The molecule has 2 amide bonds. The van der Waals surface area contributed by atoms with Crippen LogP contribution in [-0.4, -0.2) is 35.1 Å². The molecule has 1 aliphatic carbocycles. The van der Waals surface area contributed by atoms with Crippen molar-refractivity contribution in [3.8, 4) is 0 Å². The average Bonchev–Trinajstić information content (AvgIpc) is 3.07. The molecule has 1 heterocycles. The van der Waals surface area contributed by atoms with Gasteiger partial charge in [-0.3, -0.25) is 4.79 Å². The molecule has 0 bridgehead atoms. The standard InChI is InChI=1S/C16H17ClF2N2O3/c17-11-5-12(18)9(4-13(11)19)6-20-15(24)21-7-10-2-1-3-16(10,8-21)14(22)23/h4-5,10H,1-3,6-8H2,(H,20,24)(H,22,23)/t10-,16+/m0/s1. The number of hydrogen-bond donors (Lipinski definition) is 2. The summed E-state index contributed by atoms with van der Waals surface area (Å²) in [6.07, 6.45) is 2.20. The zero-order chi connectivity index (χ0) is 17.5. The summed E-state index contributed by atoms with van der Waals surface area (Å²) >= 11 is 5.49. The lowest BCUT2D eigenvalue weighted by atomic mass is 9.81. The summed E-state index contributed by atoms with van der Waals surface area (Å²) in [6.45, 7) is 0.325. The predicted molar refractivity (Wildman–Crippen MR) is 82.6 cm³/mol. The number of carbonyl (C=O) groups excluding carboxylic acids is 1. The number of fused-ring (bicyclic) bond motifs is 1. The molecule has 24 heavy (non-hydrogen) atoms. The molecule has 0 aromatic heterocycles. The first-order chi connectivity index (χ1) is 11.3. The van der Waals surface area contributed by atoms with Crippen LogP contribution in [0.25, 0.3) is 0 Å². The summed E-state index contributed by atoms with van der Waals surface area (Å²) in [7, 11) is 0. The summed E-state index contributed by atoms with van der Waals surface area (Å²) in [5, 5.41) is 11.7. The molecule has 0 radical (unpaired) electrons. The van der Waals surface area contributed by atoms with Crippen LogP contribution in [0.15, 0.2) is 12.1 Å². The van der Waals surface area contributed by atoms with E-state index in [1.54, 1.807) is 0 Å². The highest BCUT2D eigenvalue weighted by Crippen LogP contribution is 2.48. The average molecular weight is 359 g/mol. The molecule has 1 aliphatic heterocycles. The molecule has 5 nitrogen and oxygen atoms in total. The second kappa shape index (κ2) is 6.20. The fraction of sp³-hybridized carbons (Fsp3) is 0.500. The zero-order valence-electron chi connectivity index (χ0n) is 12.8. The van der Waals surface area contributed by atoms with Crippen LogP contribution in [0.5, 0.6) is 0 Å². The van der Waals surface area contributed by atoms with Gasteiger partial charge in [0, 0.05) is 25.2 Å². The molecule has 2 fully saturated rings. The van der Waals surface area contributed by atoms with Crippen LogP contribution in [0, 0.1) is 23.0 Å². The molecular weight excluding hydrogens is 342 g/mol. The van der Waals surface area contributed by atoms with Crippen molar-refractivity contribution in [3.05, 3.63) is 34.4 Å². The first kappa shape index (κ1) is 17.0. The van der Waals surface area contributed by atoms with Crippen molar-refractivity contribution in [3.63, 3.8) is 0 Å². The third-order valence-electron chi connectivity index (χ3n) is 5.10. The molecule has 0 spiro atoms. The number of carbonyl (C=O) groups is 2. The Kier molecular flexibility index (Phi) is 4.38. The topological polar surface area (TPSA) is 69.6 Å². The van der Waals surface area contributed by atoms with Gasteiger partial charge in [-0.05, 0) is 30.9 Å². The number of aliphatic carboxylic acids is 1. The SMILES string of the molecule is O=C(NCc1cc(F)c(Cl)cc1F)N1C[C@@H]2CCC[C@@]2(C(=O)O)C1. The fourth-order valence-electron chi connectivity index (χ4n) is 3.78. The molecule has 1 saturated carbocycles. The number of carboxylic acid groups (broad SMARTS) is 1. The van der Waals surface area contributed by atoms with Gasteiger partial charge < -0.3 is 15.3 Å². The van der Waals surface area contributed by atoms with Crippen molar-refractivity contribution in [1.29, 1.82) is 0 Å². The van der Waals surface area contributed by atoms with Crippen molar-refractivity contribution in [2.75, 3.05) is 13.1 Å². The number of benzene rings is 1. The Morgan fingerprint density at radius 1 is 1.38 bits per heavy atom. The molecule has 1 aromatic carbocycles. The molecule has 1 saturated heterocycles. The van der Waals surface area contributed by atoms with Gasteiger partial charge in [0.05, 0.1) is 10.4 Å². The summed E-state index contributed by atoms with van der Waals surface area (Å²) in [6, 6.07) is 1.33. The van der Waals surface area contributed by atoms with Gasteiger partial charge in [0.25, 0.3) is 0 Å². The highest BCUT2D eigenvalue weighted by Gasteiger charge is 2.55. The van der Waals surface area contributed by atoms with Crippen LogP contribution in [0.1, 0.15) is 24.8 Å². The van der Waals surface area contributed by atoms with E-state index in [9.17, 15) is 23.5 Å². The Bertz CT molecular complexity index is 700. The summed E-state index contributed by atoms with van der Waals surface area (Å²) in [5.74, 6) is -2.39. The number of halogens is 3. The smallest absolute Gasteiger partial charge is 0.317 e. The zero-order valence-corrected chi connectivity index (χ0v) is 13.6. The Balaban J connectivity index is 1.65.